The molecule has 0 heterocycles. The van der Waals surface area contributed by atoms with Crippen LogP contribution in [0.3, 0.4) is 0 Å². The molecule has 0 spiro atoms. The predicted molar refractivity (Wildman–Crippen MR) is 69.7 cm³/mol. The van der Waals surface area contributed by atoms with Gasteiger partial charge in [0.15, 0.2) is 0 Å². The van der Waals surface area contributed by atoms with Crippen molar-refractivity contribution >= 4 is 5.91 Å². The number of nitrogens with one attached hydrogen (secondary N) is 1. The van der Waals surface area contributed by atoms with Crippen molar-refractivity contribution in [1.82, 2.24) is 5.32 Å². The number of amides is 1. The molecule has 2 rings (SSSR count). The van der Waals surface area contributed by atoms with Crippen molar-refractivity contribution in [2.24, 2.45) is 0 Å². The predicted octanol–water partition coefficient (Wildman–Crippen LogP) is 3.65. The Kier molecular flexibility index (Phi) is 4.37. The van der Waals surface area contributed by atoms with Gasteiger partial charge in [-0.2, -0.15) is 0 Å². The minimum absolute atomic E-state index is 0.0115. The Morgan fingerprint density at radius 2 is 1.76 bits per heavy atom. The van der Waals surface area contributed by atoms with E-state index in [0.717, 1.165) is 24.1 Å². The van der Waals surface area contributed by atoms with Gasteiger partial charge in [0, 0.05) is 11.3 Å². The van der Waals surface area contributed by atoms with E-state index in [-0.39, 0.29) is 5.91 Å². The summed E-state index contributed by atoms with van der Waals surface area (Å²) in [7, 11) is 0. The molecule has 1 aliphatic rings. The smallest absolute Gasteiger partial charge is 0.255 e. The molecular formula is C15H19NO. The first kappa shape index (κ1) is 11.9. The highest BCUT2D eigenvalue weighted by atomic mass is 16.1. The average Bonchev–Trinajstić information content (AvgIpc) is 2.33. The lowest BCUT2D eigenvalue weighted by Gasteiger charge is -2.12. The molecular weight excluding hydrogens is 210 g/mol. The number of allylic oxidation sites excluding steroid dienone is 2. The minimum Gasteiger partial charge on any atom is -0.326 e. The number of hydrogen-bond acceptors (Lipinski definition) is 1. The van der Waals surface area contributed by atoms with Gasteiger partial charge < -0.3 is 5.32 Å². The molecule has 1 aliphatic carbocycles. The molecule has 0 fully saturated rings. The molecule has 2 heteroatoms. The first-order chi connectivity index (χ1) is 8.36. The maximum Gasteiger partial charge on any atom is 0.255 e. The lowest BCUT2D eigenvalue weighted by Crippen LogP contribution is -2.23. The van der Waals surface area contributed by atoms with Crippen molar-refractivity contribution in [2.45, 2.75) is 38.5 Å². The molecule has 0 atom stereocenters. The standard InChI is InChI=1S/C15H19NO/c17-15(13-9-5-4-6-10-13)16-14-11-7-2-1-3-8-12-14/h4-6,9-11H,1-3,7-8,12H2,(H,16,17)/b14-11+. The molecule has 0 bridgehead atoms. The molecule has 1 amide bonds. The van der Waals surface area contributed by atoms with Crippen molar-refractivity contribution in [1.29, 1.82) is 0 Å². The summed E-state index contributed by atoms with van der Waals surface area (Å²) in [5.41, 5.74) is 1.83. The summed E-state index contributed by atoms with van der Waals surface area (Å²) in [6, 6.07) is 9.40. The fourth-order valence-electron chi connectivity index (χ4n) is 2.11. The van der Waals surface area contributed by atoms with Gasteiger partial charge in [0.1, 0.15) is 0 Å². The fraction of sp³-hybridized carbons (Fsp3) is 0.400. The zero-order valence-corrected chi connectivity index (χ0v) is 10.1. The minimum atomic E-state index is 0.0115. The first-order valence-electron chi connectivity index (χ1n) is 6.42. The van der Waals surface area contributed by atoms with Crippen molar-refractivity contribution in [2.75, 3.05) is 0 Å². The van der Waals surface area contributed by atoms with E-state index in [4.69, 9.17) is 0 Å². The van der Waals surface area contributed by atoms with E-state index in [1.807, 2.05) is 30.3 Å². The molecule has 0 unspecified atom stereocenters. The summed E-state index contributed by atoms with van der Waals surface area (Å²) < 4.78 is 0. The topological polar surface area (TPSA) is 29.1 Å². The van der Waals surface area contributed by atoms with E-state index in [0.29, 0.717) is 0 Å². The SMILES string of the molecule is O=C(N/C1=C/CCCCCC1)c1ccccc1. The Bertz CT molecular complexity index is 395. The monoisotopic (exact) mass is 229 g/mol. The summed E-state index contributed by atoms with van der Waals surface area (Å²) in [6.07, 6.45) is 9.28. The van der Waals surface area contributed by atoms with Gasteiger partial charge in [-0.05, 0) is 37.8 Å². The summed E-state index contributed by atoms with van der Waals surface area (Å²) in [5.74, 6) is 0.0115. The largest absolute Gasteiger partial charge is 0.326 e. The van der Waals surface area contributed by atoms with E-state index in [1.54, 1.807) is 0 Å². The van der Waals surface area contributed by atoms with Crippen LogP contribution in [0.5, 0.6) is 0 Å². The molecule has 2 nitrogen and oxygen atoms in total. The van der Waals surface area contributed by atoms with Crippen LogP contribution in [-0.2, 0) is 0 Å². The fourth-order valence-corrected chi connectivity index (χ4v) is 2.11. The third-order valence-corrected chi connectivity index (χ3v) is 3.10. The van der Waals surface area contributed by atoms with E-state index in [9.17, 15) is 4.79 Å². The molecule has 0 saturated carbocycles. The molecule has 1 aromatic rings. The van der Waals surface area contributed by atoms with Crippen LogP contribution in [0.4, 0.5) is 0 Å². The Balaban J connectivity index is 1.98. The number of carbonyl (C=O) groups excluding carboxylic acids is 1. The van der Waals surface area contributed by atoms with Crippen LogP contribution in [-0.4, -0.2) is 5.91 Å². The summed E-state index contributed by atoms with van der Waals surface area (Å²) in [6.45, 7) is 0. The molecule has 0 aromatic heterocycles. The molecule has 0 aliphatic heterocycles. The van der Waals surface area contributed by atoms with Crippen LogP contribution in [0.25, 0.3) is 0 Å². The number of rotatable bonds is 2. The van der Waals surface area contributed by atoms with Crippen LogP contribution in [0, 0.1) is 0 Å². The van der Waals surface area contributed by atoms with Gasteiger partial charge in [-0.25, -0.2) is 0 Å². The maximum atomic E-state index is 12.0. The lowest BCUT2D eigenvalue weighted by molar-refractivity contribution is 0.0964. The zero-order chi connectivity index (χ0) is 11.9. The Labute approximate surface area is 103 Å². The van der Waals surface area contributed by atoms with Gasteiger partial charge in [0.25, 0.3) is 5.91 Å². The maximum absolute atomic E-state index is 12.0. The normalized spacial score (nSPS) is 19.6. The number of carbonyl (C=O) groups is 1. The number of benzene rings is 1. The second-order valence-corrected chi connectivity index (χ2v) is 4.50. The zero-order valence-electron chi connectivity index (χ0n) is 10.1. The highest BCUT2D eigenvalue weighted by molar-refractivity contribution is 5.95. The van der Waals surface area contributed by atoms with Crippen molar-refractivity contribution in [3.63, 3.8) is 0 Å². The Morgan fingerprint density at radius 3 is 2.59 bits per heavy atom. The molecule has 90 valence electrons. The summed E-state index contributed by atoms with van der Waals surface area (Å²) in [5, 5.41) is 3.03. The second-order valence-electron chi connectivity index (χ2n) is 4.50. The van der Waals surface area contributed by atoms with Crippen LogP contribution < -0.4 is 5.32 Å². The Morgan fingerprint density at radius 1 is 1.00 bits per heavy atom. The van der Waals surface area contributed by atoms with Crippen LogP contribution >= 0.6 is 0 Å². The number of hydrogen-bond donors (Lipinski definition) is 1. The molecule has 1 N–H and O–H groups in total. The van der Waals surface area contributed by atoms with Crippen molar-refractivity contribution in [3.05, 3.63) is 47.7 Å². The van der Waals surface area contributed by atoms with E-state index in [2.05, 4.69) is 11.4 Å². The molecule has 1 aromatic carbocycles. The lowest BCUT2D eigenvalue weighted by atomic mass is 10.0. The van der Waals surface area contributed by atoms with E-state index >= 15 is 0 Å². The molecule has 17 heavy (non-hydrogen) atoms. The molecule has 0 radical (unpaired) electrons. The summed E-state index contributed by atoms with van der Waals surface area (Å²) >= 11 is 0. The van der Waals surface area contributed by atoms with Gasteiger partial charge in [0.05, 0.1) is 0 Å². The Hall–Kier alpha value is -1.57. The third kappa shape index (κ3) is 3.74. The van der Waals surface area contributed by atoms with Gasteiger partial charge in [-0.15, -0.1) is 0 Å². The van der Waals surface area contributed by atoms with Gasteiger partial charge >= 0.3 is 0 Å². The van der Waals surface area contributed by atoms with E-state index < -0.39 is 0 Å². The third-order valence-electron chi connectivity index (χ3n) is 3.10. The average molecular weight is 229 g/mol. The van der Waals surface area contributed by atoms with Crippen LogP contribution in [0.15, 0.2) is 42.1 Å². The highest BCUT2D eigenvalue weighted by Crippen LogP contribution is 2.15. The second kappa shape index (κ2) is 6.24. The van der Waals surface area contributed by atoms with Gasteiger partial charge in [-0.1, -0.05) is 37.1 Å². The summed E-state index contributed by atoms with van der Waals surface area (Å²) in [4.78, 5) is 12.0. The first-order valence-corrected chi connectivity index (χ1v) is 6.42. The highest BCUT2D eigenvalue weighted by Gasteiger charge is 2.08. The van der Waals surface area contributed by atoms with Crippen LogP contribution in [0.2, 0.25) is 0 Å². The van der Waals surface area contributed by atoms with E-state index in [1.165, 1.54) is 25.7 Å². The van der Waals surface area contributed by atoms with Gasteiger partial charge in [0.2, 0.25) is 0 Å². The quantitative estimate of drug-likeness (QED) is 0.824. The van der Waals surface area contributed by atoms with Crippen LogP contribution in [0.1, 0.15) is 48.9 Å². The molecule has 0 saturated heterocycles. The van der Waals surface area contributed by atoms with Gasteiger partial charge in [-0.3, -0.25) is 4.79 Å². The van der Waals surface area contributed by atoms with Crippen molar-refractivity contribution < 1.29 is 4.79 Å². The van der Waals surface area contributed by atoms with Crippen molar-refractivity contribution in [3.8, 4) is 0 Å².